The largest absolute Gasteiger partial charge is 0.295 e. The number of halogens is 2. The van der Waals surface area contributed by atoms with Crippen LogP contribution in [0.25, 0.3) is 16.7 Å². The van der Waals surface area contributed by atoms with Crippen LogP contribution in [0.5, 0.6) is 0 Å². The van der Waals surface area contributed by atoms with E-state index in [1.165, 1.54) is 5.56 Å². The van der Waals surface area contributed by atoms with Crippen LogP contribution in [0, 0.1) is 0 Å². The van der Waals surface area contributed by atoms with E-state index in [0.717, 1.165) is 22.5 Å². The van der Waals surface area contributed by atoms with Gasteiger partial charge in [0, 0.05) is 10.7 Å². The van der Waals surface area contributed by atoms with Crippen LogP contribution in [-0.2, 0) is 5.88 Å². The van der Waals surface area contributed by atoms with Gasteiger partial charge in [0.2, 0.25) is 0 Å². The van der Waals surface area contributed by atoms with Crippen molar-refractivity contribution >= 4 is 34.2 Å². The van der Waals surface area contributed by atoms with E-state index in [9.17, 15) is 0 Å². The number of benzene rings is 2. The van der Waals surface area contributed by atoms with Crippen LogP contribution in [0.3, 0.4) is 0 Å². The highest BCUT2D eigenvalue weighted by Crippen LogP contribution is 2.26. The maximum atomic E-state index is 6.12. The predicted octanol–water partition coefficient (Wildman–Crippen LogP) is 5.54. The fourth-order valence-corrected chi connectivity index (χ4v) is 2.83. The molecule has 0 saturated heterocycles. The van der Waals surface area contributed by atoms with E-state index in [-0.39, 0.29) is 0 Å². The number of rotatable bonds is 3. The Morgan fingerprint density at radius 3 is 2.43 bits per heavy atom. The monoisotopic (exact) mass is 318 g/mol. The molecule has 0 radical (unpaired) electrons. The number of aromatic nitrogens is 2. The average molecular weight is 319 g/mol. The van der Waals surface area contributed by atoms with Gasteiger partial charge in [0.15, 0.2) is 0 Å². The van der Waals surface area contributed by atoms with E-state index >= 15 is 0 Å². The summed E-state index contributed by atoms with van der Waals surface area (Å²) in [5.41, 5.74) is 4.26. The Labute approximate surface area is 134 Å². The molecule has 2 aromatic carbocycles. The van der Waals surface area contributed by atoms with E-state index < -0.39 is 0 Å². The zero-order valence-electron chi connectivity index (χ0n) is 12.0. The molecule has 21 heavy (non-hydrogen) atoms. The molecule has 4 heteroatoms. The first-order chi connectivity index (χ1) is 10.1. The standard InChI is InChI=1S/C17H16Cl2N2/c1-11(2)12-3-6-14(7-4-12)21-16-9-13(19)5-8-15(16)20-17(21)10-18/h3-9,11H,10H2,1-2H3. The lowest BCUT2D eigenvalue weighted by molar-refractivity contribution is 0.864. The van der Waals surface area contributed by atoms with Crippen LogP contribution in [-0.4, -0.2) is 9.55 Å². The summed E-state index contributed by atoms with van der Waals surface area (Å²) >= 11 is 12.2. The minimum absolute atomic E-state index is 0.359. The first kappa shape index (κ1) is 14.4. The predicted molar refractivity (Wildman–Crippen MR) is 89.7 cm³/mol. The molecule has 3 aromatic rings. The maximum absolute atomic E-state index is 6.12. The van der Waals surface area contributed by atoms with Gasteiger partial charge in [-0.25, -0.2) is 4.98 Å². The van der Waals surface area contributed by atoms with Crippen molar-refractivity contribution in [1.29, 1.82) is 0 Å². The second kappa shape index (κ2) is 5.70. The molecule has 0 aliphatic carbocycles. The summed E-state index contributed by atoms with van der Waals surface area (Å²) in [4.78, 5) is 4.58. The van der Waals surface area contributed by atoms with Gasteiger partial charge in [-0.1, -0.05) is 37.6 Å². The molecule has 0 unspecified atom stereocenters. The molecule has 0 N–H and O–H groups in total. The smallest absolute Gasteiger partial charge is 0.129 e. The molecule has 0 saturated carbocycles. The molecule has 0 spiro atoms. The van der Waals surface area contributed by atoms with Gasteiger partial charge in [0.05, 0.1) is 16.9 Å². The maximum Gasteiger partial charge on any atom is 0.129 e. The fourth-order valence-electron chi connectivity index (χ4n) is 2.48. The van der Waals surface area contributed by atoms with Gasteiger partial charge in [0.25, 0.3) is 0 Å². The molecule has 0 amide bonds. The number of hydrogen-bond donors (Lipinski definition) is 0. The van der Waals surface area contributed by atoms with E-state index in [0.29, 0.717) is 16.8 Å². The van der Waals surface area contributed by atoms with Gasteiger partial charge in [-0.3, -0.25) is 4.57 Å². The zero-order valence-corrected chi connectivity index (χ0v) is 13.5. The third kappa shape index (κ3) is 2.66. The molecule has 3 rings (SSSR count). The normalized spacial score (nSPS) is 11.5. The lowest BCUT2D eigenvalue weighted by atomic mass is 10.0. The number of hydrogen-bond acceptors (Lipinski definition) is 1. The molecule has 0 fully saturated rings. The highest BCUT2D eigenvalue weighted by Gasteiger charge is 2.12. The van der Waals surface area contributed by atoms with Crippen molar-refractivity contribution in [3.63, 3.8) is 0 Å². The zero-order chi connectivity index (χ0) is 15.0. The highest BCUT2D eigenvalue weighted by atomic mass is 35.5. The van der Waals surface area contributed by atoms with Crippen molar-refractivity contribution < 1.29 is 0 Å². The number of nitrogens with zero attached hydrogens (tertiary/aromatic N) is 2. The molecule has 2 nitrogen and oxygen atoms in total. The Kier molecular flexibility index (Phi) is 3.92. The Hall–Kier alpha value is -1.51. The molecule has 1 heterocycles. The summed E-state index contributed by atoms with van der Waals surface area (Å²) in [5.74, 6) is 1.70. The van der Waals surface area contributed by atoms with Gasteiger partial charge in [-0.2, -0.15) is 0 Å². The molecule has 0 bridgehead atoms. The Bertz CT molecular complexity index is 773. The summed E-state index contributed by atoms with van der Waals surface area (Å²) in [7, 11) is 0. The van der Waals surface area contributed by atoms with Crippen molar-refractivity contribution in [2.24, 2.45) is 0 Å². The number of imidazole rings is 1. The second-order valence-electron chi connectivity index (χ2n) is 5.38. The molecular weight excluding hydrogens is 303 g/mol. The third-order valence-electron chi connectivity index (χ3n) is 3.62. The summed E-state index contributed by atoms with van der Waals surface area (Å²) in [6.07, 6.45) is 0. The van der Waals surface area contributed by atoms with Crippen molar-refractivity contribution in [3.8, 4) is 5.69 Å². The van der Waals surface area contributed by atoms with E-state index in [1.807, 2.05) is 18.2 Å². The Morgan fingerprint density at radius 2 is 1.81 bits per heavy atom. The van der Waals surface area contributed by atoms with E-state index in [4.69, 9.17) is 23.2 Å². The summed E-state index contributed by atoms with van der Waals surface area (Å²) in [6.45, 7) is 4.37. The lowest BCUT2D eigenvalue weighted by Crippen LogP contribution is -1.99. The Morgan fingerprint density at radius 1 is 1.10 bits per heavy atom. The second-order valence-corrected chi connectivity index (χ2v) is 6.08. The van der Waals surface area contributed by atoms with Crippen LogP contribution in [0.2, 0.25) is 5.02 Å². The summed E-state index contributed by atoms with van der Waals surface area (Å²) in [5, 5.41) is 0.698. The fraction of sp³-hybridized carbons (Fsp3) is 0.235. The first-order valence-corrected chi connectivity index (χ1v) is 7.84. The van der Waals surface area contributed by atoms with Crippen LogP contribution in [0.4, 0.5) is 0 Å². The molecule has 0 aliphatic rings. The van der Waals surface area contributed by atoms with Crippen LogP contribution >= 0.6 is 23.2 Å². The average Bonchev–Trinajstić information content (AvgIpc) is 2.85. The van der Waals surface area contributed by atoms with E-state index in [1.54, 1.807) is 0 Å². The quantitative estimate of drug-likeness (QED) is 0.579. The first-order valence-electron chi connectivity index (χ1n) is 6.93. The topological polar surface area (TPSA) is 17.8 Å². The lowest BCUT2D eigenvalue weighted by Gasteiger charge is -2.10. The van der Waals surface area contributed by atoms with Gasteiger partial charge in [-0.15, -0.1) is 11.6 Å². The molecule has 108 valence electrons. The molecule has 1 aromatic heterocycles. The molecule has 0 aliphatic heterocycles. The van der Waals surface area contributed by atoms with Crippen LogP contribution in [0.15, 0.2) is 42.5 Å². The molecule has 0 atom stereocenters. The van der Waals surface area contributed by atoms with Gasteiger partial charge in [-0.05, 0) is 41.8 Å². The summed E-state index contributed by atoms with van der Waals surface area (Å²) in [6, 6.07) is 14.2. The van der Waals surface area contributed by atoms with Crippen molar-refractivity contribution in [3.05, 3.63) is 58.9 Å². The van der Waals surface area contributed by atoms with Gasteiger partial charge >= 0.3 is 0 Å². The van der Waals surface area contributed by atoms with E-state index in [2.05, 4.69) is 47.7 Å². The van der Waals surface area contributed by atoms with Crippen molar-refractivity contribution in [1.82, 2.24) is 9.55 Å². The Balaban J connectivity index is 2.20. The van der Waals surface area contributed by atoms with Gasteiger partial charge in [0.1, 0.15) is 5.82 Å². The number of alkyl halides is 1. The minimum atomic E-state index is 0.359. The third-order valence-corrected chi connectivity index (χ3v) is 4.10. The van der Waals surface area contributed by atoms with Crippen LogP contribution in [0.1, 0.15) is 31.2 Å². The molecular formula is C17H16Cl2N2. The van der Waals surface area contributed by atoms with Crippen LogP contribution < -0.4 is 0 Å². The SMILES string of the molecule is CC(C)c1ccc(-n2c(CCl)nc3ccc(Cl)cc32)cc1. The van der Waals surface area contributed by atoms with Gasteiger partial charge < -0.3 is 0 Å². The van der Waals surface area contributed by atoms with Crippen molar-refractivity contribution in [2.45, 2.75) is 25.6 Å². The van der Waals surface area contributed by atoms with Crippen molar-refractivity contribution in [2.75, 3.05) is 0 Å². The highest BCUT2D eigenvalue weighted by molar-refractivity contribution is 6.31. The minimum Gasteiger partial charge on any atom is -0.295 e. The number of fused-ring (bicyclic) bond motifs is 1. The summed E-state index contributed by atoms with van der Waals surface area (Å²) < 4.78 is 2.07.